The molecule has 2 fully saturated rings. The van der Waals surface area contributed by atoms with Crippen LogP contribution in [0.3, 0.4) is 0 Å². The van der Waals surface area contributed by atoms with E-state index in [9.17, 15) is 0 Å². The molecule has 3 atom stereocenters. The Kier molecular flexibility index (Phi) is 3.41. The molecule has 0 spiro atoms. The molecule has 3 nitrogen and oxygen atoms in total. The van der Waals surface area contributed by atoms with Crippen molar-refractivity contribution in [1.29, 1.82) is 0 Å². The summed E-state index contributed by atoms with van der Waals surface area (Å²) in [4.78, 5) is 2.58. The van der Waals surface area contributed by atoms with Gasteiger partial charge in [-0.2, -0.15) is 0 Å². The molecule has 1 aromatic rings. The minimum absolute atomic E-state index is 0.639. The zero-order valence-electron chi connectivity index (χ0n) is 11.1. The van der Waals surface area contributed by atoms with Gasteiger partial charge in [-0.15, -0.1) is 0 Å². The second-order valence-corrected chi connectivity index (χ2v) is 5.35. The maximum absolute atomic E-state index is 5.55. The van der Waals surface area contributed by atoms with E-state index in [0.717, 1.165) is 18.3 Å². The van der Waals surface area contributed by atoms with Crippen LogP contribution in [0.5, 0.6) is 5.75 Å². The van der Waals surface area contributed by atoms with Crippen LogP contribution < -0.4 is 10.1 Å². The number of benzene rings is 1. The molecule has 0 radical (unpaired) electrons. The molecule has 1 N–H and O–H groups in total. The highest BCUT2D eigenvalue weighted by Crippen LogP contribution is 2.30. The van der Waals surface area contributed by atoms with Crippen LogP contribution in [-0.2, 0) is 0 Å². The maximum atomic E-state index is 5.55. The molecule has 1 aromatic carbocycles. The number of anilines is 1. The summed E-state index contributed by atoms with van der Waals surface area (Å²) in [7, 11) is 0. The van der Waals surface area contributed by atoms with Crippen molar-refractivity contribution in [1.82, 2.24) is 4.90 Å². The fourth-order valence-corrected chi connectivity index (χ4v) is 3.20. The van der Waals surface area contributed by atoms with E-state index in [2.05, 4.69) is 28.4 Å². The van der Waals surface area contributed by atoms with Gasteiger partial charge < -0.3 is 15.0 Å². The van der Waals surface area contributed by atoms with Crippen molar-refractivity contribution < 1.29 is 4.74 Å². The monoisotopic (exact) mass is 246 g/mol. The largest absolute Gasteiger partial charge is 0.494 e. The lowest BCUT2D eigenvalue weighted by atomic mass is 9.94. The number of ether oxygens (including phenoxy) is 1. The van der Waals surface area contributed by atoms with Crippen LogP contribution in [-0.4, -0.2) is 37.2 Å². The minimum atomic E-state index is 0.639. The average Bonchev–Trinajstić information content (AvgIpc) is 2.77. The average molecular weight is 246 g/mol. The summed E-state index contributed by atoms with van der Waals surface area (Å²) in [5.41, 5.74) is 1.20. The third kappa shape index (κ3) is 2.46. The van der Waals surface area contributed by atoms with E-state index in [1.54, 1.807) is 0 Å². The van der Waals surface area contributed by atoms with E-state index in [0.29, 0.717) is 6.04 Å². The molecule has 3 rings (SSSR count). The molecule has 0 aromatic heterocycles. The lowest BCUT2D eigenvalue weighted by Crippen LogP contribution is -2.39. The topological polar surface area (TPSA) is 24.5 Å². The Labute approximate surface area is 109 Å². The highest BCUT2D eigenvalue weighted by Gasteiger charge is 2.33. The number of hydrogen-bond acceptors (Lipinski definition) is 3. The number of rotatable bonds is 4. The molecule has 2 aliphatic rings. The van der Waals surface area contributed by atoms with E-state index in [1.807, 2.05) is 13.0 Å². The zero-order chi connectivity index (χ0) is 12.4. The molecule has 98 valence electrons. The lowest BCUT2D eigenvalue weighted by molar-refractivity contribution is 0.255. The van der Waals surface area contributed by atoms with Crippen LogP contribution in [0.15, 0.2) is 24.3 Å². The van der Waals surface area contributed by atoms with Crippen molar-refractivity contribution >= 4 is 5.69 Å². The predicted molar refractivity (Wildman–Crippen MR) is 74.2 cm³/mol. The Bertz CT molecular complexity index is 407. The normalized spacial score (nSPS) is 30.2. The van der Waals surface area contributed by atoms with Crippen LogP contribution in [0.4, 0.5) is 5.69 Å². The molecule has 0 amide bonds. The third-order valence-corrected chi connectivity index (χ3v) is 4.13. The minimum Gasteiger partial charge on any atom is -0.494 e. The first kappa shape index (κ1) is 11.8. The first-order chi connectivity index (χ1) is 8.85. The van der Waals surface area contributed by atoms with E-state index in [-0.39, 0.29) is 0 Å². The standard InChI is InChI=1S/C15H22N2O/c1-2-18-14-5-3-4-13(10-14)16-15-7-9-17-8-6-12(15)11-17/h3-5,10,12,15-16H,2,6-9,11H2,1H3. The maximum Gasteiger partial charge on any atom is 0.121 e. The van der Waals surface area contributed by atoms with Gasteiger partial charge >= 0.3 is 0 Å². The van der Waals surface area contributed by atoms with E-state index in [1.165, 1.54) is 38.2 Å². The summed E-state index contributed by atoms with van der Waals surface area (Å²) in [6, 6.07) is 8.99. The van der Waals surface area contributed by atoms with Crippen LogP contribution in [0, 0.1) is 5.92 Å². The van der Waals surface area contributed by atoms with Gasteiger partial charge in [0.05, 0.1) is 6.61 Å². The van der Waals surface area contributed by atoms with Crippen molar-refractivity contribution in [3.63, 3.8) is 0 Å². The van der Waals surface area contributed by atoms with Crippen molar-refractivity contribution in [3.05, 3.63) is 24.3 Å². The first-order valence-electron chi connectivity index (χ1n) is 7.07. The SMILES string of the molecule is CCOc1cccc(NC2CCN3CCC2C3)c1. The van der Waals surface area contributed by atoms with Crippen LogP contribution in [0.1, 0.15) is 19.8 Å². The molecular formula is C15H22N2O. The van der Waals surface area contributed by atoms with Crippen LogP contribution >= 0.6 is 0 Å². The van der Waals surface area contributed by atoms with Crippen LogP contribution in [0.25, 0.3) is 0 Å². The smallest absolute Gasteiger partial charge is 0.121 e. The molecule has 0 aliphatic carbocycles. The fourth-order valence-electron chi connectivity index (χ4n) is 3.20. The van der Waals surface area contributed by atoms with Crippen molar-refractivity contribution in [2.45, 2.75) is 25.8 Å². The van der Waals surface area contributed by atoms with E-state index < -0.39 is 0 Å². The summed E-state index contributed by atoms with van der Waals surface area (Å²) >= 11 is 0. The second-order valence-electron chi connectivity index (χ2n) is 5.35. The summed E-state index contributed by atoms with van der Waals surface area (Å²) in [6.07, 6.45) is 2.62. The van der Waals surface area contributed by atoms with Gasteiger partial charge in [-0.25, -0.2) is 0 Å². The summed E-state index contributed by atoms with van der Waals surface area (Å²) in [5.74, 6) is 1.79. The Morgan fingerprint density at radius 3 is 3.11 bits per heavy atom. The molecule has 2 aliphatic heterocycles. The molecular weight excluding hydrogens is 224 g/mol. The van der Waals surface area contributed by atoms with Gasteiger partial charge in [0.25, 0.3) is 0 Å². The first-order valence-corrected chi connectivity index (χ1v) is 7.07. The van der Waals surface area contributed by atoms with Gasteiger partial charge in [-0.05, 0) is 44.4 Å². The molecule has 2 bridgehead atoms. The quantitative estimate of drug-likeness (QED) is 0.883. The molecule has 18 heavy (non-hydrogen) atoms. The van der Waals surface area contributed by atoms with Gasteiger partial charge in [0.1, 0.15) is 5.75 Å². The third-order valence-electron chi connectivity index (χ3n) is 4.13. The van der Waals surface area contributed by atoms with E-state index >= 15 is 0 Å². The second kappa shape index (κ2) is 5.19. The molecule has 2 heterocycles. The van der Waals surface area contributed by atoms with Crippen molar-refractivity contribution in [2.24, 2.45) is 5.92 Å². The van der Waals surface area contributed by atoms with Crippen molar-refractivity contribution in [2.75, 3.05) is 31.6 Å². The zero-order valence-corrected chi connectivity index (χ0v) is 11.1. The van der Waals surface area contributed by atoms with Gasteiger partial charge in [-0.1, -0.05) is 6.07 Å². The predicted octanol–water partition coefficient (Wildman–Crippen LogP) is 2.59. The summed E-state index contributed by atoms with van der Waals surface area (Å²) < 4.78 is 5.55. The fraction of sp³-hybridized carbons (Fsp3) is 0.600. The van der Waals surface area contributed by atoms with Crippen molar-refractivity contribution in [3.8, 4) is 5.75 Å². The Morgan fingerprint density at radius 1 is 1.33 bits per heavy atom. The molecule has 3 heteroatoms. The molecule has 3 unspecified atom stereocenters. The van der Waals surface area contributed by atoms with Gasteiger partial charge in [-0.3, -0.25) is 0 Å². The van der Waals surface area contributed by atoms with Crippen LogP contribution in [0.2, 0.25) is 0 Å². The van der Waals surface area contributed by atoms with Gasteiger partial charge in [0.15, 0.2) is 0 Å². The van der Waals surface area contributed by atoms with Gasteiger partial charge in [0, 0.05) is 30.9 Å². The Hall–Kier alpha value is -1.22. The lowest BCUT2D eigenvalue weighted by Gasteiger charge is -2.31. The van der Waals surface area contributed by atoms with E-state index in [4.69, 9.17) is 4.74 Å². The Morgan fingerprint density at radius 2 is 2.22 bits per heavy atom. The molecule has 2 saturated heterocycles. The number of fused-ring (bicyclic) bond motifs is 2. The number of nitrogens with one attached hydrogen (secondary N) is 1. The summed E-state index contributed by atoms with van der Waals surface area (Å²) in [5, 5.41) is 3.70. The molecule has 0 saturated carbocycles. The van der Waals surface area contributed by atoms with Gasteiger partial charge in [0.2, 0.25) is 0 Å². The highest BCUT2D eigenvalue weighted by atomic mass is 16.5. The highest BCUT2D eigenvalue weighted by molar-refractivity contribution is 5.49. The Balaban J connectivity index is 1.66. The number of piperidine rings is 1. The number of hydrogen-bond donors (Lipinski definition) is 1. The summed E-state index contributed by atoms with van der Waals surface area (Å²) in [6.45, 7) is 6.57. The number of nitrogens with zero attached hydrogens (tertiary/aromatic N) is 1.